The quantitative estimate of drug-likeness (QED) is 0.352. The minimum Gasteiger partial charge on any atom is -0.455 e. The van der Waals surface area contributed by atoms with Crippen LogP contribution in [0.15, 0.2) is 69.9 Å². The van der Waals surface area contributed by atoms with Crippen LogP contribution in [0.4, 0.5) is 5.69 Å². The predicted molar refractivity (Wildman–Crippen MR) is 134 cm³/mol. The Kier molecular flexibility index (Phi) is 6.59. The lowest BCUT2D eigenvalue weighted by Gasteiger charge is -2.19. The van der Waals surface area contributed by atoms with Crippen LogP contribution in [0, 0.1) is 13.8 Å². The van der Waals surface area contributed by atoms with Crippen molar-refractivity contribution >= 4 is 29.4 Å². The highest BCUT2D eigenvalue weighted by Gasteiger charge is 2.17. The van der Waals surface area contributed by atoms with Crippen LogP contribution in [-0.2, 0) is 11.3 Å². The van der Waals surface area contributed by atoms with Gasteiger partial charge in [0, 0.05) is 35.0 Å². The van der Waals surface area contributed by atoms with E-state index in [4.69, 9.17) is 4.42 Å². The summed E-state index contributed by atoms with van der Waals surface area (Å²) in [5.74, 6) is 0.454. The molecule has 0 fully saturated rings. The van der Waals surface area contributed by atoms with E-state index < -0.39 is 0 Å². The van der Waals surface area contributed by atoms with Gasteiger partial charge in [0.1, 0.15) is 11.3 Å². The molecular formula is C28H26N2O4. The van der Waals surface area contributed by atoms with Gasteiger partial charge in [-0.2, -0.15) is 0 Å². The van der Waals surface area contributed by atoms with Crippen molar-refractivity contribution in [2.75, 3.05) is 5.32 Å². The van der Waals surface area contributed by atoms with Crippen molar-refractivity contribution in [3.63, 3.8) is 0 Å². The average Bonchev–Trinajstić information content (AvgIpc) is 2.83. The van der Waals surface area contributed by atoms with E-state index in [9.17, 15) is 14.4 Å². The molecule has 1 heterocycles. The standard InChI is InChI=1S/C28H26N2O4/c1-17-10-23(19(3)30-25-7-5-4-6-21(25)15-31)28-24(11-17)26(33)13-27(34-28)20-9-8-18(2)22(12-20)14-29-16-32/h4-13,15-16,19,30H,14H2,1-3H3,(H,29,32). The molecule has 4 aromatic rings. The first-order valence-electron chi connectivity index (χ1n) is 11.1. The van der Waals surface area contributed by atoms with Crippen LogP contribution in [-0.4, -0.2) is 12.7 Å². The zero-order chi connectivity index (χ0) is 24.2. The third-order valence-electron chi connectivity index (χ3n) is 5.94. The Morgan fingerprint density at radius 3 is 2.56 bits per heavy atom. The van der Waals surface area contributed by atoms with Crippen LogP contribution in [0.25, 0.3) is 22.3 Å². The molecule has 2 N–H and O–H groups in total. The Balaban J connectivity index is 1.82. The first-order valence-corrected chi connectivity index (χ1v) is 11.1. The van der Waals surface area contributed by atoms with Crippen molar-refractivity contribution in [2.24, 2.45) is 0 Å². The topological polar surface area (TPSA) is 88.4 Å². The molecule has 3 aromatic carbocycles. The van der Waals surface area contributed by atoms with Gasteiger partial charge in [0.2, 0.25) is 6.41 Å². The fourth-order valence-electron chi connectivity index (χ4n) is 4.11. The first-order chi connectivity index (χ1) is 16.4. The molecule has 1 atom stereocenters. The van der Waals surface area contributed by atoms with Gasteiger partial charge in [0.15, 0.2) is 11.7 Å². The van der Waals surface area contributed by atoms with Crippen molar-refractivity contribution in [2.45, 2.75) is 33.4 Å². The predicted octanol–water partition coefficient (Wildman–Crippen LogP) is 5.31. The highest BCUT2D eigenvalue weighted by Crippen LogP contribution is 2.31. The molecule has 0 spiro atoms. The molecule has 6 heteroatoms. The molecule has 1 aromatic heterocycles. The number of hydrogen-bond donors (Lipinski definition) is 2. The summed E-state index contributed by atoms with van der Waals surface area (Å²) >= 11 is 0. The Labute approximate surface area is 197 Å². The summed E-state index contributed by atoms with van der Waals surface area (Å²) in [7, 11) is 0. The van der Waals surface area contributed by atoms with Crippen molar-refractivity contribution in [1.29, 1.82) is 0 Å². The number of amides is 1. The Morgan fingerprint density at radius 2 is 1.79 bits per heavy atom. The Hall–Kier alpha value is -4.19. The first kappa shape index (κ1) is 23.0. The van der Waals surface area contributed by atoms with E-state index in [0.717, 1.165) is 34.1 Å². The molecule has 4 rings (SSSR count). The van der Waals surface area contributed by atoms with Crippen LogP contribution in [0.2, 0.25) is 0 Å². The average molecular weight is 455 g/mol. The third-order valence-corrected chi connectivity index (χ3v) is 5.94. The lowest BCUT2D eigenvalue weighted by Crippen LogP contribution is -2.12. The molecule has 34 heavy (non-hydrogen) atoms. The molecule has 0 aliphatic rings. The second kappa shape index (κ2) is 9.75. The van der Waals surface area contributed by atoms with Crippen molar-refractivity contribution in [3.05, 3.63) is 98.7 Å². The number of benzene rings is 3. The number of fused-ring (bicyclic) bond motifs is 1. The maximum absolute atomic E-state index is 13.1. The van der Waals surface area contributed by atoms with Gasteiger partial charge < -0.3 is 15.1 Å². The monoisotopic (exact) mass is 454 g/mol. The van der Waals surface area contributed by atoms with E-state index in [0.29, 0.717) is 40.9 Å². The molecule has 6 nitrogen and oxygen atoms in total. The summed E-state index contributed by atoms with van der Waals surface area (Å²) in [6.07, 6.45) is 1.48. The van der Waals surface area contributed by atoms with Crippen LogP contribution in [0.5, 0.6) is 0 Å². The lowest BCUT2D eigenvalue weighted by atomic mass is 9.99. The van der Waals surface area contributed by atoms with Gasteiger partial charge in [-0.3, -0.25) is 14.4 Å². The van der Waals surface area contributed by atoms with E-state index in [1.54, 1.807) is 6.07 Å². The van der Waals surface area contributed by atoms with Gasteiger partial charge >= 0.3 is 0 Å². The fourth-order valence-corrected chi connectivity index (χ4v) is 4.11. The maximum Gasteiger partial charge on any atom is 0.207 e. The maximum atomic E-state index is 13.1. The van der Waals surface area contributed by atoms with Gasteiger partial charge in [-0.05, 0) is 61.7 Å². The van der Waals surface area contributed by atoms with Gasteiger partial charge in [0.25, 0.3) is 0 Å². The van der Waals surface area contributed by atoms with Gasteiger partial charge in [-0.25, -0.2) is 0 Å². The molecule has 0 aliphatic carbocycles. The molecule has 0 bridgehead atoms. The summed E-state index contributed by atoms with van der Waals surface area (Å²) < 4.78 is 6.33. The van der Waals surface area contributed by atoms with E-state index in [1.807, 2.05) is 69.3 Å². The van der Waals surface area contributed by atoms with Gasteiger partial charge in [0.05, 0.1) is 11.4 Å². The summed E-state index contributed by atoms with van der Waals surface area (Å²) in [6, 6.07) is 18.1. The number of para-hydroxylation sites is 1. The smallest absolute Gasteiger partial charge is 0.207 e. The van der Waals surface area contributed by atoms with Crippen LogP contribution in [0.1, 0.15) is 45.6 Å². The fraction of sp³-hybridized carbons (Fsp3) is 0.179. The molecular weight excluding hydrogens is 428 g/mol. The van der Waals surface area contributed by atoms with Crippen LogP contribution in [0.3, 0.4) is 0 Å². The summed E-state index contributed by atoms with van der Waals surface area (Å²) in [5, 5.41) is 6.57. The van der Waals surface area contributed by atoms with Crippen molar-refractivity contribution < 1.29 is 14.0 Å². The highest BCUT2D eigenvalue weighted by molar-refractivity contribution is 5.86. The summed E-state index contributed by atoms with van der Waals surface area (Å²) in [4.78, 5) is 35.3. The van der Waals surface area contributed by atoms with Crippen LogP contribution >= 0.6 is 0 Å². The number of hydrogen-bond acceptors (Lipinski definition) is 5. The molecule has 0 radical (unpaired) electrons. The molecule has 0 saturated heterocycles. The minimum atomic E-state index is -0.229. The number of nitrogens with one attached hydrogen (secondary N) is 2. The van der Waals surface area contributed by atoms with E-state index in [-0.39, 0.29) is 11.5 Å². The zero-order valence-electron chi connectivity index (χ0n) is 19.3. The largest absolute Gasteiger partial charge is 0.455 e. The van der Waals surface area contributed by atoms with E-state index in [2.05, 4.69) is 10.6 Å². The lowest BCUT2D eigenvalue weighted by molar-refractivity contribution is -0.109. The summed E-state index contributed by atoms with van der Waals surface area (Å²) in [5.41, 5.74) is 6.14. The van der Waals surface area contributed by atoms with Gasteiger partial charge in [-0.15, -0.1) is 0 Å². The van der Waals surface area contributed by atoms with E-state index >= 15 is 0 Å². The Morgan fingerprint density at radius 1 is 1.00 bits per heavy atom. The molecule has 0 aliphatic heterocycles. The third kappa shape index (κ3) is 4.62. The van der Waals surface area contributed by atoms with Crippen molar-refractivity contribution in [1.82, 2.24) is 5.32 Å². The van der Waals surface area contributed by atoms with E-state index in [1.165, 1.54) is 6.07 Å². The second-order valence-corrected chi connectivity index (χ2v) is 8.42. The number of anilines is 1. The molecule has 172 valence electrons. The number of aldehydes is 1. The number of carbonyl (C=O) groups excluding carboxylic acids is 2. The van der Waals surface area contributed by atoms with Crippen LogP contribution < -0.4 is 16.1 Å². The normalized spacial score (nSPS) is 11.7. The second-order valence-electron chi connectivity index (χ2n) is 8.42. The number of aryl methyl sites for hydroxylation is 2. The summed E-state index contributed by atoms with van der Waals surface area (Å²) in [6.45, 7) is 6.27. The molecule has 1 amide bonds. The SMILES string of the molecule is Cc1cc(C(C)Nc2ccccc2C=O)c2oc(-c3ccc(C)c(CNC=O)c3)cc(=O)c2c1. The molecule has 0 saturated carbocycles. The van der Waals surface area contributed by atoms with Gasteiger partial charge in [-0.1, -0.05) is 30.3 Å². The number of carbonyl (C=O) groups is 2. The minimum absolute atomic E-state index is 0.130. The highest BCUT2D eigenvalue weighted by atomic mass is 16.3. The molecule has 1 unspecified atom stereocenters. The Bertz CT molecular complexity index is 1440. The van der Waals surface area contributed by atoms with Crippen molar-refractivity contribution in [3.8, 4) is 11.3 Å². The number of rotatable bonds is 8. The zero-order valence-corrected chi connectivity index (χ0v) is 19.3.